The number of ether oxygens (including phenoxy) is 1. The third-order valence-electron chi connectivity index (χ3n) is 3.91. The highest BCUT2D eigenvalue weighted by Gasteiger charge is 2.19. The third-order valence-corrected chi connectivity index (χ3v) is 5.15. The van der Waals surface area contributed by atoms with Crippen LogP contribution in [0.15, 0.2) is 42.5 Å². The van der Waals surface area contributed by atoms with Gasteiger partial charge < -0.3 is 15.4 Å². The first-order chi connectivity index (χ1) is 13.3. The standard InChI is InChI=1S/C20H17FN2O4S/c1-11-18-15(21)4-3-5-16(18)28-19(11)20(26)27-10-17(25)23-14-8-6-13(7-9-14)22-12(2)24/h3-9H,10H2,1-2H3,(H,22,24)(H,23,25). The molecule has 3 aromatic rings. The molecular weight excluding hydrogens is 383 g/mol. The molecule has 0 aliphatic carbocycles. The summed E-state index contributed by atoms with van der Waals surface area (Å²) in [7, 11) is 0. The fourth-order valence-corrected chi connectivity index (χ4v) is 3.80. The number of halogens is 1. The van der Waals surface area contributed by atoms with Gasteiger partial charge in [-0.25, -0.2) is 9.18 Å². The quantitative estimate of drug-likeness (QED) is 0.632. The number of aryl methyl sites for hydroxylation is 1. The largest absolute Gasteiger partial charge is 0.451 e. The Kier molecular flexibility index (Phi) is 5.70. The van der Waals surface area contributed by atoms with Gasteiger partial charge in [0.25, 0.3) is 5.91 Å². The zero-order valence-electron chi connectivity index (χ0n) is 15.2. The second-order valence-corrected chi connectivity index (χ2v) is 7.10. The Hall–Kier alpha value is -3.26. The second-order valence-electron chi connectivity index (χ2n) is 6.05. The molecule has 28 heavy (non-hydrogen) atoms. The highest BCUT2D eigenvalue weighted by atomic mass is 32.1. The maximum atomic E-state index is 13.9. The van der Waals surface area contributed by atoms with Gasteiger partial charge in [0.1, 0.15) is 10.7 Å². The number of carbonyl (C=O) groups excluding carboxylic acids is 3. The van der Waals surface area contributed by atoms with Crippen molar-refractivity contribution in [1.82, 2.24) is 0 Å². The van der Waals surface area contributed by atoms with E-state index in [9.17, 15) is 18.8 Å². The van der Waals surface area contributed by atoms with E-state index >= 15 is 0 Å². The van der Waals surface area contributed by atoms with E-state index in [2.05, 4.69) is 10.6 Å². The lowest BCUT2D eigenvalue weighted by molar-refractivity contribution is -0.119. The molecule has 0 aliphatic heterocycles. The van der Waals surface area contributed by atoms with E-state index in [0.717, 1.165) is 11.3 Å². The van der Waals surface area contributed by atoms with Gasteiger partial charge in [0.2, 0.25) is 5.91 Å². The van der Waals surface area contributed by atoms with Gasteiger partial charge in [0.05, 0.1) is 0 Å². The number of hydrogen-bond acceptors (Lipinski definition) is 5. The minimum absolute atomic E-state index is 0.194. The molecular formula is C20H17FN2O4S. The third kappa shape index (κ3) is 4.34. The van der Waals surface area contributed by atoms with Crippen LogP contribution in [0.2, 0.25) is 0 Å². The number of fused-ring (bicyclic) bond motifs is 1. The molecule has 0 saturated carbocycles. The van der Waals surface area contributed by atoms with Crippen molar-refractivity contribution in [2.75, 3.05) is 17.2 Å². The summed E-state index contributed by atoms with van der Waals surface area (Å²) >= 11 is 1.13. The first-order valence-corrected chi connectivity index (χ1v) is 9.19. The van der Waals surface area contributed by atoms with Gasteiger partial charge in [-0.3, -0.25) is 9.59 Å². The number of esters is 1. The molecule has 2 amide bonds. The lowest BCUT2D eigenvalue weighted by Gasteiger charge is -2.07. The van der Waals surface area contributed by atoms with Crippen LogP contribution in [0.1, 0.15) is 22.2 Å². The van der Waals surface area contributed by atoms with Crippen molar-refractivity contribution in [2.24, 2.45) is 0 Å². The summed E-state index contributed by atoms with van der Waals surface area (Å²) in [5, 5.41) is 5.60. The normalized spacial score (nSPS) is 10.5. The maximum Gasteiger partial charge on any atom is 0.349 e. The van der Waals surface area contributed by atoms with Crippen LogP contribution >= 0.6 is 11.3 Å². The van der Waals surface area contributed by atoms with Crippen molar-refractivity contribution >= 4 is 50.6 Å². The Bertz CT molecular complexity index is 1060. The average molecular weight is 400 g/mol. The van der Waals surface area contributed by atoms with Gasteiger partial charge in [-0.05, 0) is 48.9 Å². The van der Waals surface area contributed by atoms with Gasteiger partial charge in [-0.1, -0.05) is 6.07 Å². The van der Waals surface area contributed by atoms with Gasteiger partial charge in [-0.2, -0.15) is 0 Å². The zero-order chi connectivity index (χ0) is 20.3. The Balaban J connectivity index is 1.60. The SMILES string of the molecule is CC(=O)Nc1ccc(NC(=O)COC(=O)c2sc3cccc(F)c3c2C)cc1. The summed E-state index contributed by atoms with van der Waals surface area (Å²) < 4.78 is 19.7. The van der Waals surface area contributed by atoms with Crippen LogP contribution in [0.4, 0.5) is 15.8 Å². The van der Waals surface area contributed by atoms with Crippen LogP contribution in [0.5, 0.6) is 0 Å². The number of amides is 2. The van der Waals surface area contributed by atoms with Crippen LogP contribution in [-0.4, -0.2) is 24.4 Å². The highest BCUT2D eigenvalue weighted by molar-refractivity contribution is 7.21. The van der Waals surface area contributed by atoms with Crippen LogP contribution in [0, 0.1) is 12.7 Å². The van der Waals surface area contributed by atoms with E-state index in [1.54, 1.807) is 43.3 Å². The van der Waals surface area contributed by atoms with Crippen molar-refractivity contribution < 1.29 is 23.5 Å². The van der Waals surface area contributed by atoms with Crippen molar-refractivity contribution in [3.05, 3.63) is 58.7 Å². The lowest BCUT2D eigenvalue weighted by Crippen LogP contribution is -2.20. The minimum Gasteiger partial charge on any atom is -0.451 e. The van der Waals surface area contributed by atoms with E-state index < -0.39 is 24.3 Å². The molecule has 2 N–H and O–H groups in total. The van der Waals surface area contributed by atoms with Crippen molar-refractivity contribution in [3.63, 3.8) is 0 Å². The Labute approximate surface area is 164 Å². The zero-order valence-corrected chi connectivity index (χ0v) is 16.0. The minimum atomic E-state index is -0.672. The average Bonchev–Trinajstić information content (AvgIpc) is 2.99. The Morgan fingerprint density at radius 1 is 1.04 bits per heavy atom. The predicted molar refractivity (Wildman–Crippen MR) is 106 cm³/mol. The molecule has 3 rings (SSSR count). The molecule has 8 heteroatoms. The monoisotopic (exact) mass is 400 g/mol. The molecule has 6 nitrogen and oxygen atoms in total. The predicted octanol–water partition coefficient (Wildman–Crippen LogP) is 4.10. The van der Waals surface area contributed by atoms with E-state index in [4.69, 9.17) is 4.74 Å². The van der Waals surface area contributed by atoms with Gasteiger partial charge in [-0.15, -0.1) is 11.3 Å². The number of benzene rings is 2. The smallest absolute Gasteiger partial charge is 0.349 e. The number of thiophene rings is 1. The van der Waals surface area contributed by atoms with E-state index in [1.165, 1.54) is 13.0 Å². The van der Waals surface area contributed by atoms with Gasteiger partial charge in [0, 0.05) is 28.4 Å². The molecule has 1 heterocycles. The Morgan fingerprint density at radius 3 is 2.29 bits per heavy atom. The summed E-state index contributed by atoms with van der Waals surface area (Å²) in [6, 6.07) is 11.1. The van der Waals surface area contributed by atoms with Crippen molar-refractivity contribution in [2.45, 2.75) is 13.8 Å². The molecule has 0 unspecified atom stereocenters. The first kappa shape index (κ1) is 19.5. The summed E-state index contributed by atoms with van der Waals surface area (Å²) in [5.41, 5.74) is 1.59. The molecule has 0 aliphatic rings. The number of hydrogen-bond donors (Lipinski definition) is 2. The van der Waals surface area contributed by atoms with Crippen LogP contribution in [0.25, 0.3) is 10.1 Å². The first-order valence-electron chi connectivity index (χ1n) is 8.37. The summed E-state index contributed by atoms with van der Waals surface area (Å²) in [5.74, 6) is -1.77. The van der Waals surface area contributed by atoms with Crippen molar-refractivity contribution in [1.29, 1.82) is 0 Å². The van der Waals surface area contributed by atoms with Gasteiger partial charge in [0.15, 0.2) is 6.61 Å². The number of carbonyl (C=O) groups is 3. The number of anilines is 2. The van der Waals surface area contributed by atoms with Crippen LogP contribution in [0.3, 0.4) is 0 Å². The van der Waals surface area contributed by atoms with E-state index in [0.29, 0.717) is 27.0 Å². The van der Waals surface area contributed by atoms with Crippen LogP contribution in [-0.2, 0) is 14.3 Å². The topological polar surface area (TPSA) is 84.5 Å². The van der Waals surface area contributed by atoms with Crippen LogP contribution < -0.4 is 10.6 Å². The molecule has 144 valence electrons. The molecule has 0 saturated heterocycles. The lowest BCUT2D eigenvalue weighted by atomic mass is 10.1. The molecule has 0 spiro atoms. The fourth-order valence-electron chi connectivity index (χ4n) is 2.68. The highest BCUT2D eigenvalue weighted by Crippen LogP contribution is 2.32. The molecule has 0 atom stereocenters. The summed E-state index contributed by atoms with van der Waals surface area (Å²) in [6.07, 6.45) is 0. The van der Waals surface area contributed by atoms with Gasteiger partial charge >= 0.3 is 5.97 Å². The molecule has 0 fully saturated rings. The molecule has 1 aromatic heterocycles. The second kappa shape index (κ2) is 8.18. The summed E-state index contributed by atoms with van der Waals surface area (Å²) in [4.78, 5) is 35.6. The van der Waals surface area contributed by atoms with E-state index in [1.807, 2.05) is 0 Å². The maximum absolute atomic E-state index is 13.9. The molecule has 2 aromatic carbocycles. The molecule has 0 bridgehead atoms. The van der Waals surface area contributed by atoms with Crippen molar-refractivity contribution in [3.8, 4) is 0 Å². The fraction of sp³-hybridized carbons (Fsp3) is 0.150. The van der Waals surface area contributed by atoms with E-state index in [-0.39, 0.29) is 10.8 Å². The number of rotatable bonds is 5. The Morgan fingerprint density at radius 2 is 1.68 bits per heavy atom. The molecule has 0 radical (unpaired) electrons. The summed E-state index contributed by atoms with van der Waals surface area (Å²) in [6.45, 7) is 2.58. The number of nitrogens with one attached hydrogen (secondary N) is 2.